The van der Waals surface area contributed by atoms with Gasteiger partial charge < -0.3 is 10.1 Å². The van der Waals surface area contributed by atoms with Crippen LogP contribution in [0.3, 0.4) is 0 Å². The normalized spacial score (nSPS) is 14.1. The van der Waals surface area contributed by atoms with Gasteiger partial charge in [-0.1, -0.05) is 12.1 Å². The summed E-state index contributed by atoms with van der Waals surface area (Å²) in [7, 11) is -4.34. The van der Waals surface area contributed by atoms with E-state index in [2.05, 4.69) is 10.1 Å². The molecule has 154 valence electrons. The lowest BCUT2D eigenvalue weighted by Gasteiger charge is -2.12. The van der Waals surface area contributed by atoms with E-state index in [1.807, 2.05) is 0 Å². The smallest absolute Gasteiger partial charge is 0.406 e. The van der Waals surface area contributed by atoms with Gasteiger partial charge in [0.2, 0.25) is 0 Å². The molecule has 0 radical (unpaired) electrons. The fourth-order valence-corrected chi connectivity index (χ4v) is 4.08. The summed E-state index contributed by atoms with van der Waals surface area (Å²) in [4.78, 5) is -0.351. The Labute approximate surface area is 168 Å². The van der Waals surface area contributed by atoms with E-state index >= 15 is 0 Å². The highest BCUT2D eigenvalue weighted by Crippen LogP contribution is 2.29. The van der Waals surface area contributed by atoms with Crippen LogP contribution in [0.15, 0.2) is 65.7 Å². The summed E-state index contributed by atoms with van der Waals surface area (Å²) in [5.41, 5.74) is 0.522. The maximum absolute atomic E-state index is 13.7. The van der Waals surface area contributed by atoms with Gasteiger partial charge in [0.15, 0.2) is 0 Å². The molecule has 1 aromatic heterocycles. The lowest BCUT2D eigenvalue weighted by molar-refractivity contribution is -0.274. The summed E-state index contributed by atoms with van der Waals surface area (Å²) >= 11 is 0. The summed E-state index contributed by atoms with van der Waals surface area (Å²) in [6.07, 6.45) is -3.77. The highest BCUT2D eigenvalue weighted by molar-refractivity contribution is 7.90. The van der Waals surface area contributed by atoms with Crippen molar-refractivity contribution < 1.29 is 34.8 Å². The molecule has 5 nitrogen and oxygen atoms in total. The summed E-state index contributed by atoms with van der Waals surface area (Å²) in [5, 5.41) is 2.26. The zero-order chi connectivity index (χ0) is 23.7. The number of ether oxygens (including phenoxy) is 1. The topological polar surface area (TPSA) is 60.3 Å². The van der Waals surface area contributed by atoms with Crippen molar-refractivity contribution in [3.63, 3.8) is 0 Å². The van der Waals surface area contributed by atoms with Crippen LogP contribution in [0, 0.1) is 5.82 Å². The van der Waals surface area contributed by atoms with Crippen molar-refractivity contribution in [3.05, 3.63) is 72.2 Å². The van der Waals surface area contributed by atoms with Gasteiger partial charge in [-0.15, -0.1) is 13.2 Å². The maximum Gasteiger partial charge on any atom is 0.573 e. The number of nitrogens with zero attached hydrogens (tertiary/aromatic N) is 1. The molecule has 0 saturated carbocycles. The number of hydrogen-bond acceptors (Lipinski definition) is 4. The first-order valence-corrected chi connectivity index (χ1v) is 9.52. The standard InChI is InChI=1S/C19H16F4N2O3S/c1-24-11-13-9-18(14-3-2-4-15(20)10-14)25(12-13)29(26,27)17-7-5-16(6-8-17)28-19(21,22)23/h2-10,12,24H,11H2,1H3/i1D3. The van der Waals surface area contributed by atoms with Gasteiger partial charge in [0, 0.05) is 22.4 Å². The van der Waals surface area contributed by atoms with Crippen molar-refractivity contribution in [3.8, 4) is 17.0 Å². The van der Waals surface area contributed by atoms with E-state index in [0.29, 0.717) is 0 Å². The van der Waals surface area contributed by atoms with E-state index in [4.69, 9.17) is 4.11 Å². The van der Waals surface area contributed by atoms with E-state index < -0.39 is 34.9 Å². The predicted octanol–water partition coefficient (Wildman–Crippen LogP) is 4.15. The zero-order valence-corrected chi connectivity index (χ0v) is 15.4. The number of nitrogens with one attached hydrogen (secondary N) is 1. The number of alkyl halides is 3. The molecule has 0 bridgehead atoms. The molecule has 0 atom stereocenters. The van der Waals surface area contributed by atoms with Gasteiger partial charge in [-0.05, 0) is 55.0 Å². The first kappa shape index (κ1) is 17.0. The molecule has 3 rings (SSSR count). The molecular weight excluding hydrogens is 412 g/mol. The lowest BCUT2D eigenvalue weighted by atomic mass is 10.1. The molecule has 0 aliphatic carbocycles. The average molecular weight is 431 g/mol. The van der Waals surface area contributed by atoms with Crippen LogP contribution < -0.4 is 10.1 Å². The van der Waals surface area contributed by atoms with Crippen LogP contribution in [0.1, 0.15) is 9.68 Å². The summed E-state index contributed by atoms with van der Waals surface area (Å²) < 4.78 is 103. The third-order valence-electron chi connectivity index (χ3n) is 3.87. The Kier molecular flexibility index (Phi) is 4.63. The summed E-state index contributed by atoms with van der Waals surface area (Å²) in [6, 6.07) is 10.1. The van der Waals surface area contributed by atoms with Crippen molar-refractivity contribution in [2.24, 2.45) is 0 Å². The van der Waals surface area contributed by atoms with E-state index in [0.717, 1.165) is 40.5 Å². The second kappa shape index (κ2) is 7.88. The molecule has 2 aromatic carbocycles. The van der Waals surface area contributed by atoms with Crippen LogP contribution in [0.4, 0.5) is 17.6 Å². The minimum Gasteiger partial charge on any atom is -0.406 e. The lowest BCUT2D eigenvalue weighted by Crippen LogP contribution is -2.17. The summed E-state index contributed by atoms with van der Waals surface area (Å²) in [6.45, 7) is -2.69. The molecule has 0 unspecified atom stereocenters. The van der Waals surface area contributed by atoms with Crippen LogP contribution in [0.2, 0.25) is 0 Å². The Morgan fingerprint density at radius 3 is 2.48 bits per heavy atom. The van der Waals surface area contributed by atoms with Gasteiger partial charge in [0.1, 0.15) is 11.6 Å². The van der Waals surface area contributed by atoms with Crippen LogP contribution >= 0.6 is 0 Å². The maximum atomic E-state index is 13.7. The molecule has 0 amide bonds. The van der Waals surface area contributed by atoms with Crippen molar-refractivity contribution in [2.75, 3.05) is 6.98 Å². The van der Waals surface area contributed by atoms with Crippen molar-refractivity contribution in [1.29, 1.82) is 0 Å². The third-order valence-corrected chi connectivity index (χ3v) is 5.56. The van der Waals surface area contributed by atoms with Crippen molar-refractivity contribution >= 4 is 10.0 Å². The van der Waals surface area contributed by atoms with E-state index in [1.165, 1.54) is 24.3 Å². The molecule has 0 saturated heterocycles. The highest BCUT2D eigenvalue weighted by Gasteiger charge is 2.31. The van der Waals surface area contributed by atoms with Gasteiger partial charge in [0.25, 0.3) is 10.0 Å². The minimum atomic E-state index is -4.93. The number of aromatic nitrogens is 1. The Hall–Kier alpha value is -2.85. The zero-order valence-electron chi connectivity index (χ0n) is 17.6. The molecule has 0 aliphatic heterocycles. The van der Waals surface area contributed by atoms with Gasteiger partial charge in [-0.2, -0.15) is 0 Å². The van der Waals surface area contributed by atoms with Crippen molar-refractivity contribution in [2.45, 2.75) is 17.8 Å². The molecule has 10 heteroatoms. The fourth-order valence-electron chi connectivity index (χ4n) is 2.68. The van der Waals surface area contributed by atoms with Crippen LogP contribution in [-0.4, -0.2) is 25.7 Å². The van der Waals surface area contributed by atoms with Crippen LogP contribution in [0.25, 0.3) is 11.3 Å². The second-order valence-electron chi connectivity index (χ2n) is 5.92. The molecule has 0 aliphatic rings. The van der Waals surface area contributed by atoms with Gasteiger partial charge in [-0.3, -0.25) is 0 Å². The molecular formula is C19H16F4N2O3S. The van der Waals surface area contributed by atoms with E-state index in [1.54, 1.807) is 0 Å². The van der Waals surface area contributed by atoms with Crippen molar-refractivity contribution in [1.82, 2.24) is 9.29 Å². The van der Waals surface area contributed by atoms with E-state index in [9.17, 15) is 26.0 Å². The van der Waals surface area contributed by atoms with Crippen LogP contribution in [-0.2, 0) is 16.6 Å². The SMILES string of the molecule is [2H]C([2H])([2H])NCc1cc(-c2cccc(F)c2)n(S(=O)(=O)c2ccc(OC(F)(F)F)cc2)c1. The Morgan fingerprint density at radius 2 is 1.86 bits per heavy atom. The number of rotatable bonds is 6. The molecule has 0 fully saturated rings. The Balaban J connectivity index is 2.04. The predicted molar refractivity (Wildman–Crippen MR) is 98.3 cm³/mol. The highest BCUT2D eigenvalue weighted by atomic mass is 32.2. The summed E-state index contributed by atoms with van der Waals surface area (Å²) in [5.74, 6) is -1.22. The average Bonchev–Trinajstić information content (AvgIpc) is 3.10. The minimum absolute atomic E-state index is 0.0439. The fraction of sp³-hybridized carbons (Fsp3) is 0.158. The Morgan fingerprint density at radius 1 is 1.14 bits per heavy atom. The van der Waals surface area contributed by atoms with Gasteiger partial charge >= 0.3 is 6.36 Å². The number of hydrogen-bond donors (Lipinski definition) is 1. The Bertz CT molecular complexity index is 1210. The first-order chi connectivity index (χ1) is 14.7. The van der Waals surface area contributed by atoms with Gasteiger partial charge in [-0.25, -0.2) is 16.8 Å². The molecule has 0 spiro atoms. The quantitative estimate of drug-likeness (QED) is 0.596. The molecule has 29 heavy (non-hydrogen) atoms. The van der Waals surface area contributed by atoms with Gasteiger partial charge in [0.05, 0.1) is 10.6 Å². The molecule has 1 heterocycles. The number of halogens is 4. The van der Waals surface area contributed by atoms with Crippen LogP contribution in [0.5, 0.6) is 5.75 Å². The molecule has 1 N–H and O–H groups in total. The monoisotopic (exact) mass is 431 g/mol. The molecule has 3 aromatic rings. The second-order valence-corrected chi connectivity index (χ2v) is 7.73. The third kappa shape index (κ3) is 4.77. The van der Waals surface area contributed by atoms with E-state index in [-0.39, 0.29) is 28.3 Å². The number of benzene rings is 2. The largest absolute Gasteiger partial charge is 0.573 e. The first-order valence-electron chi connectivity index (χ1n) is 9.58.